The molecule has 1 atom stereocenters. The van der Waals surface area contributed by atoms with Crippen LogP contribution in [0.2, 0.25) is 0 Å². The molecule has 0 fully saturated rings. The molecule has 206 valence electrons. The number of halogens is 1. The highest BCUT2D eigenvalue weighted by molar-refractivity contribution is 9.10. The van der Waals surface area contributed by atoms with E-state index in [9.17, 15) is 9.59 Å². The number of methoxy groups -OCH3 is 2. The van der Waals surface area contributed by atoms with Crippen molar-refractivity contribution >= 4 is 51.1 Å². The zero-order chi connectivity index (χ0) is 28.4. The lowest BCUT2D eigenvalue weighted by molar-refractivity contribution is -0.139. The van der Waals surface area contributed by atoms with Crippen LogP contribution in [0, 0.1) is 0 Å². The summed E-state index contributed by atoms with van der Waals surface area (Å²) in [5, 5.41) is 1.13. The van der Waals surface area contributed by atoms with Gasteiger partial charge in [-0.05, 0) is 61.5 Å². The molecule has 1 aliphatic heterocycles. The molecule has 13 heteroatoms. The average molecular weight is 644 g/mol. The van der Waals surface area contributed by atoms with Gasteiger partial charge in [0.2, 0.25) is 0 Å². The highest BCUT2D eigenvalue weighted by Crippen LogP contribution is 2.40. The van der Waals surface area contributed by atoms with Gasteiger partial charge >= 0.3 is 5.97 Å². The zero-order valence-corrected chi connectivity index (χ0v) is 25.1. The summed E-state index contributed by atoms with van der Waals surface area (Å²) in [6.07, 6.45) is 4.96. The number of benzene rings is 1. The number of ether oxygens (including phenoxy) is 3. The molecule has 0 aliphatic carbocycles. The van der Waals surface area contributed by atoms with Gasteiger partial charge in [-0.3, -0.25) is 9.36 Å². The minimum absolute atomic E-state index is 0.173. The van der Waals surface area contributed by atoms with Gasteiger partial charge < -0.3 is 18.6 Å². The summed E-state index contributed by atoms with van der Waals surface area (Å²) < 4.78 is 24.8. The third-order valence-corrected chi connectivity index (χ3v) is 8.41. The van der Waals surface area contributed by atoms with E-state index < -0.39 is 12.0 Å². The van der Waals surface area contributed by atoms with Crippen LogP contribution in [0.3, 0.4) is 0 Å². The second-order valence-corrected chi connectivity index (χ2v) is 11.2. The molecule has 0 N–H and O–H groups in total. The van der Waals surface area contributed by atoms with Gasteiger partial charge in [0.1, 0.15) is 5.76 Å². The van der Waals surface area contributed by atoms with Crippen molar-refractivity contribution in [3.05, 3.63) is 89.5 Å². The molecule has 0 saturated heterocycles. The third kappa shape index (κ3) is 5.36. The number of thiazole rings is 1. The summed E-state index contributed by atoms with van der Waals surface area (Å²) in [6, 6.07) is 7.94. The Labute approximate surface area is 245 Å². The van der Waals surface area contributed by atoms with E-state index in [1.165, 1.54) is 41.9 Å². The first-order chi connectivity index (χ1) is 19.3. The quantitative estimate of drug-likeness (QED) is 0.207. The summed E-state index contributed by atoms with van der Waals surface area (Å²) in [6.45, 7) is 3.63. The van der Waals surface area contributed by atoms with Crippen molar-refractivity contribution in [1.82, 2.24) is 14.5 Å². The largest absolute Gasteiger partial charge is 0.493 e. The molecule has 0 saturated carbocycles. The van der Waals surface area contributed by atoms with Gasteiger partial charge in [0, 0.05) is 22.9 Å². The lowest BCUT2D eigenvalue weighted by Crippen LogP contribution is -2.40. The lowest BCUT2D eigenvalue weighted by Gasteiger charge is -2.26. The van der Waals surface area contributed by atoms with E-state index in [4.69, 9.17) is 18.6 Å². The Balaban J connectivity index is 1.64. The molecular formula is C27H23BrN4O6S2. The van der Waals surface area contributed by atoms with Crippen molar-refractivity contribution in [1.29, 1.82) is 0 Å². The number of hydrogen-bond acceptors (Lipinski definition) is 11. The molecule has 1 aliphatic rings. The number of carbonyl (C=O) groups excluding carboxylic acids is 1. The topological polar surface area (TPSA) is 118 Å². The Hall–Kier alpha value is -3.68. The van der Waals surface area contributed by atoms with Crippen LogP contribution in [0.4, 0.5) is 0 Å². The van der Waals surface area contributed by atoms with Crippen molar-refractivity contribution in [2.24, 2.45) is 4.99 Å². The fourth-order valence-corrected chi connectivity index (χ4v) is 6.44. The monoisotopic (exact) mass is 642 g/mol. The van der Waals surface area contributed by atoms with Gasteiger partial charge in [-0.1, -0.05) is 27.3 Å². The number of carbonyl (C=O) groups is 1. The van der Waals surface area contributed by atoms with Crippen LogP contribution in [0.5, 0.6) is 11.5 Å². The van der Waals surface area contributed by atoms with Crippen molar-refractivity contribution in [3.8, 4) is 11.5 Å². The number of aromatic nitrogens is 3. The first kappa shape index (κ1) is 27.9. The van der Waals surface area contributed by atoms with Crippen molar-refractivity contribution in [2.45, 2.75) is 30.1 Å². The molecule has 0 spiro atoms. The Morgan fingerprint density at radius 3 is 2.62 bits per heavy atom. The summed E-state index contributed by atoms with van der Waals surface area (Å²) in [5.41, 5.74) is 0.995. The fourth-order valence-electron chi connectivity index (χ4n) is 4.19. The highest BCUT2D eigenvalue weighted by atomic mass is 79.9. The second-order valence-electron chi connectivity index (χ2n) is 8.32. The minimum atomic E-state index is -0.829. The average Bonchev–Trinajstić information content (AvgIpc) is 3.51. The SMILES string of the molecule is CCOC(=O)C1=C(C)N=c2s/c(=C/c3ccc(Sc4ncccn4)o3)c(=O)n2[C@@H]1c1cc(OC)c(OC)cc1Br. The van der Waals surface area contributed by atoms with Crippen LogP contribution in [0.25, 0.3) is 6.08 Å². The molecule has 0 radical (unpaired) electrons. The van der Waals surface area contributed by atoms with Crippen LogP contribution in [0.15, 0.2) is 82.9 Å². The van der Waals surface area contributed by atoms with E-state index >= 15 is 0 Å². The Morgan fingerprint density at radius 1 is 1.20 bits per heavy atom. The van der Waals surface area contributed by atoms with Crippen LogP contribution >= 0.6 is 39.0 Å². The van der Waals surface area contributed by atoms with E-state index in [0.717, 1.165) is 0 Å². The first-order valence-corrected chi connectivity index (χ1v) is 14.4. The van der Waals surface area contributed by atoms with Crippen LogP contribution in [0.1, 0.15) is 31.2 Å². The Morgan fingerprint density at radius 2 is 1.93 bits per heavy atom. The van der Waals surface area contributed by atoms with Crippen LogP contribution in [-0.4, -0.2) is 41.3 Å². The van der Waals surface area contributed by atoms with E-state index in [0.29, 0.717) is 52.6 Å². The predicted octanol–water partition coefficient (Wildman–Crippen LogP) is 4.11. The van der Waals surface area contributed by atoms with Crippen molar-refractivity contribution in [3.63, 3.8) is 0 Å². The molecule has 1 aromatic carbocycles. The number of nitrogens with zero attached hydrogens (tertiary/aromatic N) is 4. The van der Waals surface area contributed by atoms with Crippen LogP contribution in [-0.2, 0) is 9.53 Å². The Kier molecular flexibility index (Phi) is 8.24. The normalized spacial score (nSPS) is 15.0. The minimum Gasteiger partial charge on any atom is -0.493 e. The van der Waals surface area contributed by atoms with Gasteiger partial charge in [0.15, 0.2) is 26.5 Å². The lowest BCUT2D eigenvalue weighted by atomic mass is 9.95. The van der Waals surface area contributed by atoms with Crippen molar-refractivity contribution in [2.75, 3.05) is 20.8 Å². The molecule has 5 rings (SSSR count). The maximum absolute atomic E-state index is 13.9. The number of fused-ring (bicyclic) bond motifs is 1. The summed E-state index contributed by atoms with van der Waals surface area (Å²) in [7, 11) is 3.06. The number of furan rings is 1. The smallest absolute Gasteiger partial charge is 0.338 e. The maximum atomic E-state index is 13.9. The van der Waals surface area contributed by atoms with Gasteiger partial charge in [0.05, 0.1) is 42.7 Å². The summed E-state index contributed by atoms with van der Waals surface area (Å²) in [4.78, 5) is 40.5. The third-order valence-electron chi connectivity index (χ3n) is 5.92. The van der Waals surface area contributed by atoms with Gasteiger partial charge in [-0.2, -0.15) is 0 Å². The molecule has 3 aromatic heterocycles. The molecule has 40 heavy (non-hydrogen) atoms. The number of allylic oxidation sites excluding steroid dienone is 1. The van der Waals surface area contributed by atoms with Crippen LogP contribution < -0.4 is 24.4 Å². The maximum Gasteiger partial charge on any atom is 0.338 e. The standard InChI is InChI=1S/C27H23BrN4O6S2/c1-5-37-25(34)22-14(2)31-27-32(23(22)16-12-18(35-3)19(36-4)13-17(16)28)24(33)20(39-27)11-15-7-8-21(38-15)40-26-29-9-6-10-30-26/h6-13,23H,5H2,1-4H3/b20-11+/t23-/m1/s1. The summed E-state index contributed by atoms with van der Waals surface area (Å²) in [5.74, 6) is 0.870. The van der Waals surface area contributed by atoms with E-state index in [-0.39, 0.29) is 17.7 Å². The van der Waals surface area contributed by atoms with Gasteiger partial charge in [0.25, 0.3) is 5.56 Å². The molecular weight excluding hydrogens is 620 g/mol. The van der Waals surface area contributed by atoms with Gasteiger partial charge in [-0.25, -0.2) is 19.8 Å². The zero-order valence-electron chi connectivity index (χ0n) is 21.8. The fraction of sp³-hybridized carbons (Fsp3) is 0.222. The molecule has 0 bridgehead atoms. The molecule has 4 heterocycles. The summed E-state index contributed by atoms with van der Waals surface area (Å²) >= 11 is 6.08. The molecule has 4 aromatic rings. The number of hydrogen-bond donors (Lipinski definition) is 0. The Bertz CT molecular complexity index is 1800. The van der Waals surface area contributed by atoms with Gasteiger partial charge in [-0.15, -0.1) is 0 Å². The molecule has 0 unspecified atom stereocenters. The van der Waals surface area contributed by atoms with E-state index in [1.807, 2.05) is 0 Å². The van der Waals surface area contributed by atoms with E-state index in [2.05, 4.69) is 30.9 Å². The molecule has 0 amide bonds. The van der Waals surface area contributed by atoms with E-state index in [1.54, 1.807) is 62.6 Å². The molecule has 10 nitrogen and oxygen atoms in total. The number of rotatable bonds is 8. The first-order valence-electron chi connectivity index (χ1n) is 12.0. The second kappa shape index (κ2) is 11.8. The highest BCUT2D eigenvalue weighted by Gasteiger charge is 2.35. The number of esters is 1. The van der Waals surface area contributed by atoms with Crippen molar-refractivity contribution < 1.29 is 23.4 Å². The predicted molar refractivity (Wildman–Crippen MR) is 153 cm³/mol.